The highest BCUT2D eigenvalue weighted by Gasteiger charge is 2.25. The van der Waals surface area contributed by atoms with Gasteiger partial charge in [-0.1, -0.05) is 12.1 Å². The number of nitrogens with one attached hydrogen (secondary N) is 1. The molecule has 2 aromatic rings. The summed E-state index contributed by atoms with van der Waals surface area (Å²) in [6.07, 6.45) is 1.23. The highest BCUT2D eigenvalue weighted by Crippen LogP contribution is 2.36. The third-order valence-electron chi connectivity index (χ3n) is 3.28. The molecule has 1 heterocycles. The van der Waals surface area contributed by atoms with Crippen LogP contribution < -0.4 is 10.1 Å². The second kappa shape index (κ2) is 5.74. The Kier molecular flexibility index (Phi) is 4.02. The maximum atomic E-state index is 11.2. The van der Waals surface area contributed by atoms with E-state index in [2.05, 4.69) is 15.3 Å². The number of hydrogen-bond acceptors (Lipinski definition) is 6. The van der Waals surface area contributed by atoms with E-state index in [1.54, 1.807) is 7.05 Å². The third kappa shape index (κ3) is 2.76. The standard InChI is InChI=1S/C14H16N4O3/c1-8-5-6-9(2)12(10(8)3)21-14-11(18(19)20)13(15-4)16-7-17-14/h5-7H,1-4H3,(H,15,16,17). The van der Waals surface area contributed by atoms with Gasteiger partial charge in [-0.25, -0.2) is 4.98 Å². The smallest absolute Gasteiger partial charge is 0.373 e. The molecule has 1 aromatic carbocycles. The number of anilines is 1. The van der Waals surface area contributed by atoms with Crippen LogP contribution in [0.2, 0.25) is 0 Å². The van der Waals surface area contributed by atoms with Crippen LogP contribution in [0.4, 0.5) is 11.5 Å². The quantitative estimate of drug-likeness (QED) is 0.686. The summed E-state index contributed by atoms with van der Waals surface area (Å²) in [5.41, 5.74) is 2.58. The van der Waals surface area contributed by atoms with Crippen molar-refractivity contribution in [3.05, 3.63) is 45.3 Å². The molecule has 0 radical (unpaired) electrons. The predicted octanol–water partition coefficient (Wildman–Crippen LogP) is 3.14. The SMILES string of the molecule is CNc1ncnc(Oc2c(C)ccc(C)c2C)c1[N+](=O)[O-]. The van der Waals surface area contributed by atoms with Gasteiger partial charge in [0.2, 0.25) is 5.82 Å². The first-order valence-corrected chi connectivity index (χ1v) is 6.37. The van der Waals surface area contributed by atoms with Crippen LogP contribution in [0.15, 0.2) is 18.5 Å². The van der Waals surface area contributed by atoms with Gasteiger partial charge in [-0.3, -0.25) is 10.1 Å². The first-order chi connectivity index (χ1) is 9.95. The van der Waals surface area contributed by atoms with E-state index in [9.17, 15) is 10.1 Å². The molecule has 1 aromatic heterocycles. The van der Waals surface area contributed by atoms with Crippen molar-refractivity contribution in [1.29, 1.82) is 0 Å². The lowest BCUT2D eigenvalue weighted by Crippen LogP contribution is -2.04. The van der Waals surface area contributed by atoms with Gasteiger partial charge in [-0.2, -0.15) is 4.98 Å². The van der Waals surface area contributed by atoms with Crippen molar-refractivity contribution >= 4 is 11.5 Å². The van der Waals surface area contributed by atoms with Crippen molar-refractivity contribution in [1.82, 2.24) is 9.97 Å². The number of rotatable bonds is 4. The van der Waals surface area contributed by atoms with Crippen molar-refractivity contribution in [3.63, 3.8) is 0 Å². The Morgan fingerprint density at radius 3 is 2.48 bits per heavy atom. The van der Waals surface area contributed by atoms with Crippen LogP contribution in [0.1, 0.15) is 16.7 Å². The zero-order valence-corrected chi connectivity index (χ0v) is 12.3. The average molecular weight is 288 g/mol. The molecule has 110 valence electrons. The molecule has 0 fully saturated rings. The van der Waals surface area contributed by atoms with Crippen LogP contribution in [0, 0.1) is 30.9 Å². The molecule has 2 rings (SSSR count). The summed E-state index contributed by atoms with van der Waals surface area (Å²) in [7, 11) is 1.56. The van der Waals surface area contributed by atoms with Gasteiger partial charge >= 0.3 is 11.6 Å². The number of ether oxygens (including phenoxy) is 1. The van der Waals surface area contributed by atoms with E-state index < -0.39 is 4.92 Å². The summed E-state index contributed by atoms with van der Waals surface area (Å²) in [6.45, 7) is 5.74. The van der Waals surface area contributed by atoms with Crippen LogP contribution in [-0.4, -0.2) is 21.9 Å². The average Bonchev–Trinajstić information content (AvgIpc) is 2.47. The molecule has 21 heavy (non-hydrogen) atoms. The molecule has 0 spiro atoms. The topological polar surface area (TPSA) is 90.2 Å². The molecule has 0 saturated carbocycles. The maximum absolute atomic E-state index is 11.2. The zero-order chi connectivity index (χ0) is 15.6. The summed E-state index contributed by atoms with van der Waals surface area (Å²) in [4.78, 5) is 18.4. The van der Waals surface area contributed by atoms with Crippen LogP contribution in [0.3, 0.4) is 0 Å². The normalized spacial score (nSPS) is 10.3. The minimum atomic E-state index is -0.554. The Hall–Kier alpha value is -2.70. The summed E-state index contributed by atoms with van der Waals surface area (Å²) >= 11 is 0. The molecule has 0 atom stereocenters. The van der Waals surface area contributed by atoms with E-state index in [1.165, 1.54) is 6.33 Å². The minimum absolute atomic E-state index is 0.0730. The first-order valence-electron chi connectivity index (χ1n) is 6.37. The van der Waals surface area contributed by atoms with E-state index in [0.717, 1.165) is 16.7 Å². The van der Waals surface area contributed by atoms with Crippen molar-refractivity contribution in [3.8, 4) is 11.6 Å². The van der Waals surface area contributed by atoms with Crippen molar-refractivity contribution in [2.45, 2.75) is 20.8 Å². The number of aromatic nitrogens is 2. The Morgan fingerprint density at radius 2 is 1.86 bits per heavy atom. The summed E-state index contributed by atoms with van der Waals surface area (Å²) < 4.78 is 5.72. The monoisotopic (exact) mass is 288 g/mol. The minimum Gasteiger partial charge on any atom is -0.433 e. The Labute approximate surface area is 122 Å². The molecule has 0 bridgehead atoms. The highest BCUT2D eigenvalue weighted by atomic mass is 16.6. The lowest BCUT2D eigenvalue weighted by molar-refractivity contribution is -0.385. The van der Waals surface area contributed by atoms with Gasteiger partial charge in [0, 0.05) is 7.05 Å². The summed E-state index contributed by atoms with van der Waals surface area (Å²) in [6, 6.07) is 3.88. The fourth-order valence-electron chi connectivity index (χ4n) is 1.96. The van der Waals surface area contributed by atoms with Crippen molar-refractivity contribution in [2.75, 3.05) is 12.4 Å². The number of aryl methyl sites for hydroxylation is 2. The summed E-state index contributed by atoms with van der Waals surface area (Å²) in [5.74, 6) is 0.628. The molecule has 0 aliphatic heterocycles. The number of nitrogens with zero attached hydrogens (tertiary/aromatic N) is 3. The Morgan fingerprint density at radius 1 is 1.19 bits per heavy atom. The van der Waals surface area contributed by atoms with Gasteiger partial charge in [0.15, 0.2) is 0 Å². The molecule has 1 N–H and O–H groups in total. The Balaban J connectivity index is 2.55. The molecule has 0 saturated heterocycles. The van der Waals surface area contributed by atoms with Crippen molar-refractivity contribution in [2.24, 2.45) is 0 Å². The van der Waals surface area contributed by atoms with Crippen LogP contribution in [0.25, 0.3) is 0 Å². The molecule has 0 aliphatic rings. The number of hydrogen-bond donors (Lipinski definition) is 1. The fraction of sp³-hybridized carbons (Fsp3) is 0.286. The fourth-order valence-corrected chi connectivity index (χ4v) is 1.96. The second-order valence-electron chi connectivity index (χ2n) is 4.64. The molecular formula is C14H16N4O3. The maximum Gasteiger partial charge on any atom is 0.373 e. The second-order valence-corrected chi connectivity index (χ2v) is 4.64. The van der Waals surface area contributed by atoms with E-state index in [-0.39, 0.29) is 17.4 Å². The molecule has 7 heteroatoms. The first kappa shape index (κ1) is 14.7. The van der Waals surface area contributed by atoms with Crippen LogP contribution in [-0.2, 0) is 0 Å². The lowest BCUT2D eigenvalue weighted by atomic mass is 10.1. The van der Waals surface area contributed by atoms with Crippen molar-refractivity contribution < 1.29 is 9.66 Å². The third-order valence-corrected chi connectivity index (χ3v) is 3.28. The van der Waals surface area contributed by atoms with Crippen LogP contribution in [0.5, 0.6) is 11.6 Å². The van der Waals surface area contributed by atoms with E-state index >= 15 is 0 Å². The van der Waals surface area contributed by atoms with Gasteiger partial charge in [0.25, 0.3) is 0 Å². The molecular weight excluding hydrogens is 272 g/mol. The van der Waals surface area contributed by atoms with E-state index in [4.69, 9.17) is 4.74 Å². The van der Waals surface area contributed by atoms with E-state index in [0.29, 0.717) is 5.75 Å². The molecule has 0 unspecified atom stereocenters. The van der Waals surface area contributed by atoms with Gasteiger partial charge in [-0.05, 0) is 37.5 Å². The predicted molar refractivity (Wildman–Crippen MR) is 79.0 cm³/mol. The lowest BCUT2D eigenvalue weighted by Gasteiger charge is -2.13. The van der Waals surface area contributed by atoms with E-state index in [1.807, 2.05) is 32.9 Å². The Bertz CT molecular complexity index is 701. The van der Waals surface area contributed by atoms with Gasteiger partial charge in [-0.15, -0.1) is 0 Å². The largest absolute Gasteiger partial charge is 0.433 e. The molecule has 7 nitrogen and oxygen atoms in total. The number of nitro groups is 1. The van der Waals surface area contributed by atoms with Gasteiger partial charge < -0.3 is 10.1 Å². The van der Waals surface area contributed by atoms with Gasteiger partial charge in [0.05, 0.1) is 4.92 Å². The number of benzene rings is 1. The van der Waals surface area contributed by atoms with Gasteiger partial charge in [0.1, 0.15) is 12.1 Å². The van der Waals surface area contributed by atoms with Crippen LogP contribution >= 0.6 is 0 Å². The molecule has 0 aliphatic carbocycles. The zero-order valence-electron chi connectivity index (χ0n) is 12.3. The summed E-state index contributed by atoms with van der Waals surface area (Å²) in [5, 5.41) is 13.9. The highest BCUT2D eigenvalue weighted by molar-refractivity contribution is 5.62. The molecule has 0 amide bonds.